The van der Waals surface area contributed by atoms with E-state index in [-0.39, 0.29) is 5.54 Å². The zero-order valence-corrected chi connectivity index (χ0v) is 22.4. The average molecular weight is 502 g/mol. The van der Waals surface area contributed by atoms with Crippen LogP contribution in [0.2, 0.25) is 0 Å². The van der Waals surface area contributed by atoms with Crippen LogP contribution in [0.5, 0.6) is 5.75 Å². The third-order valence-corrected chi connectivity index (χ3v) is 6.89. The van der Waals surface area contributed by atoms with Crippen LogP contribution in [0.15, 0.2) is 36.5 Å². The van der Waals surface area contributed by atoms with Gasteiger partial charge in [0.05, 0.1) is 12.0 Å². The van der Waals surface area contributed by atoms with Gasteiger partial charge in [-0.3, -0.25) is 0 Å². The number of aryl methyl sites for hydroxylation is 3. The van der Waals surface area contributed by atoms with E-state index in [4.69, 9.17) is 19.6 Å². The van der Waals surface area contributed by atoms with Crippen LogP contribution in [0.1, 0.15) is 36.1 Å². The molecule has 0 spiro atoms. The molecule has 0 saturated carbocycles. The number of aromatic nitrogens is 4. The number of nitrogens with zero attached hydrogens (tertiary/aromatic N) is 4. The first-order valence-electron chi connectivity index (χ1n) is 12.6. The summed E-state index contributed by atoms with van der Waals surface area (Å²) in [7, 11) is 3.56. The van der Waals surface area contributed by atoms with Crippen LogP contribution in [0, 0.1) is 13.8 Å². The maximum atomic E-state index is 5.79. The van der Waals surface area contributed by atoms with E-state index in [0.29, 0.717) is 25.0 Å². The van der Waals surface area contributed by atoms with E-state index in [1.54, 1.807) is 11.8 Å². The first-order valence-corrected chi connectivity index (χ1v) is 12.6. The van der Waals surface area contributed by atoms with Crippen molar-refractivity contribution in [3.05, 3.63) is 58.8 Å². The number of nitrogens with one attached hydrogen (secondary N) is 3. The molecule has 0 aliphatic carbocycles. The molecule has 1 aliphatic rings. The van der Waals surface area contributed by atoms with E-state index in [0.717, 1.165) is 52.3 Å². The minimum absolute atomic E-state index is 0.0663. The second kappa shape index (κ2) is 9.99. The van der Waals surface area contributed by atoms with Crippen LogP contribution in [0.3, 0.4) is 0 Å². The van der Waals surface area contributed by atoms with Crippen molar-refractivity contribution in [1.82, 2.24) is 25.1 Å². The monoisotopic (exact) mass is 501 g/mol. The lowest BCUT2D eigenvalue weighted by molar-refractivity contribution is 0.146. The first-order chi connectivity index (χ1) is 17.7. The summed E-state index contributed by atoms with van der Waals surface area (Å²) in [6, 6.07) is 10.5. The van der Waals surface area contributed by atoms with Gasteiger partial charge in [0.2, 0.25) is 5.95 Å². The van der Waals surface area contributed by atoms with Gasteiger partial charge >= 0.3 is 0 Å². The van der Waals surface area contributed by atoms with Gasteiger partial charge in [0.1, 0.15) is 12.4 Å². The average Bonchev–Trinajstić information content (AvgIpc) is 3.16. The third kappa shape index (κ3) is 5.10. The molecular weight excluding hydrogens is 466 g/mol. The number of fused-ring (bicyclic) bond motifs is 2. The summed E-state index contributed by atoms with van der Waals surface area (Å²) in [5.74, 6) is 2.07. The number of rotatable bonds is 8. The van der Waals surface area contributed by atoms with Gasteiger partial charge in [-0.05, 0) is 87.2 Å². The highest BCUT2D eigenvalue weighted by molar-refractivity contribution is 5.90. The van der Waals surface area contributed by atoms with E-state index in [1.807, 2.05) is 25.4 Å². The van der Waals surface area contributed by atoms with Crippen molar-refractivity contribution in [3.8, 4) is 5.75 Å². The molecule has 0 amide bonds. The molecule has 3 N–H and O–H groups in total. The van der Waals surface area contributed by atoms with E-state index in [9.17, 15) is 0 Å². The Morgan fingerprint density at radius 1 is 1.08 bits per heavy atom. The molecule has 0 radical (unpaired) electrons. The van der Waals surface area contributed by atoms with Crippen molar-refractivity contribution in [2.24, 2.45) is 7.05 Å². The van der Waals surface area contributed by atoms with Crippen molar-refractivity contribution >= 4 is 34.2 Å². The Hall–Kier alpha value is -3.69. The van der Waals surface area contributed by atoms with Crippen LogP contribution in [0.25, 0.3) is 11.0 Å². The quantitative estimate of drug-likeness (QED) is 0.294. The SMILES string of the molecule is COCCOc1cc(C)c(Nc2nn(C)c3nc(Nc4ccc5c(c4)C(C)(C)NCC5)ncc23)c(C)c1. The highest BCUT2D eigenvalue weighted by Crippen LogP contribution is 2.33. The second-order valence-corrected chi connectivity index (χ2v) is 10.1. The molecule has 1 aliphatic heterocycles. The minimum Gasteiger partial charge on any atom is -0.491 e. The molecule has 37 heavy (non-hydrogen) atoms. The van der Waals surface area contributed by atoms with Gasteiger partial charge in [-0.15, -0.1) is 0 Å². The van der Waals surface area contributed by atoms with E-state index >= 15 is 0 Å². The second-order valence-electron chi connectivity index (χ2n) is 10.1. The largest absolute Gasteiger partial charge is 0.491 e. The Morgan fingerprint density at radius 2 is 1.86 bits per heavy atom. The molecule has 0 unspecified atom stereocenters. The molecule has 4 aromatic rings. The Morgan fingerprint density at radius 3 is 2.62 bits per heavy atom. The van der Waals surface area contributed by atoms with Gasteiger partial charge < -0.3 is 25.4 Å². The molecule has 3 heterocycles. The lowest BCUT2D eigenvalue weighted by Crippen LogP contribution is -2.42. The number of ether oxygens (including phenoxy) is 2. The summed E-state index contributed by atoms with van der Waals surface area (Å²) < 4.78 is 12.6. The predicted molar refractivity (Wildman–Crippen MR) is 147 cm³/mol. The van der Waals surface area contributed by atoms with Gasteiger partial charge in [0.15, 0.2) is 11.5 Å². The zero-order chi connectivity index (χ0) is 26.2. The Kier molecular flexibility index (Phi) is 6.74. The fourth-order valence-electron chi connectivity index (χ4n) is 4.94. The lowest BCUT2D eigenvalue weighted by Gasteiger charge is -2.34. The van der Waals surface area contributed by atoms with Crippen molar-refractivity contribution in [2.45, 2.75) is 39.7 Å². The summed E-state index contributed by atoms with van der Waals surface area (Å²) in [5, 5.41) is 16.0. The lowest BCUT2D eigenvalue weighted by atomic mass is 9.85. The first kappa shape index (κ1) is 25.0. The van der Waals surface area contributed by atoms with Crippen molar-refractivity contribution < 1.29 is 9.47 Å². The molecule has 0 atom stereocenters. The summed E-state index contributed by atoms with van der Waals surface area (Å²) >= 11 is 0. The van der Waals surface area contributed by atoms with Gasteiger partial charge in [0, 0.05) is 37.3 Å². The molecule has 0 saturated heterocycles. The molecule has 2 aromatic heterocycles. The Bertz CT molecular complexity index is 1420. The standard InChI is InChI=1S/C28H35N7O2/c1-17-13-21(37-12-11-36-6)14-18(2)24(17)32-25-22-16-29-27(33-26(22)35(5)34-25)31-20-8-7-19-9-10-30-28(3,4)23(19)15-20/h7-8,13-16,30H,9-12H2,1-6H3,(H,32,34)(H,29,31,33). The third-order valence-electron chi connectivity index (χ3n) is 6.89. The van der Waals surface area contributed by atoms with Crippen molar-refractivity contribution in [2.75, 3.05) is 37.5 Å². The van der Waals surface area contributed by atoms with E-state index in [2.05, 4.69) is 66.8 Å². The Labute approximate surface area is 217 Å². The normalized spacial score (nSPS) is 14.4. The number of hydrogen-bond donors (Lipinski definition) is 3. The van der Waals surface area contributed by atoms with Crippen LogP contribution in [0.4, 0.5) is 23.1 Å². The fourth-order valence-corrected chi connectivity index (χ4v) is 4.94. The molecule has 0 fully saturated rings. The van der Waals surface area contributed by atoms with E-state index < -0.39 is 0 Å². The summed E-state index contributed by atoms with van der Waals surface area (Å²) in [5.41, 5.74) is 7.45. The number of hydrogen-bond acceptors (Lipinski definition) is 8. The van der Waals surface area contributed by atoms with Crippen LogP contribution in [-0.4, -0.2) is 46.6 Å². The summed E-state index contributed by atoms with van der Waals surface area (Å²) in [6.07, 6.45) is 2.85. The van der Waals surface area contributed by atoms with Crippen LogP contribution < -0.4 is 20.7 Å². The molecular formula is C28H35N7O2. The highest BCUT2D eigenvalue weighted by Gasteiger charge is 2.27. The number of methoxy groups -OCH3 is 1. The molecule has 9 heteroatoms. The van der Waals surface area contributed by atoms with E-state index in [1.165, 1.54) is 11.1 Å². The van der Waals surface area contributed by atoms with Crippen LogP contribution in [-0.2, 0) is 23.7 Å². The minimum atomic E-state index is -0.0663. The summed E-state index contributed by atoms with van der Waals surface area (Å²) in [4.78, 5) is 9.38. The maximum absolute atomic E-state index is 5.79. The van der Waals surface area contributed by atoms with Crippen molar-refractivity contribution in [1.29, 1.82) is 0 Å². The maximum Gasteiger partial charge on any atom is 0.229 e. The number of anilines is 4. The molecule has 5 rings (SSSR count). The fraction of sp³-hybridized carbons (Fsp3) is 0.393. The molecule has 0 bridgehead atoms. The Balaban J connectivity index is 1.38. The highest BCUT2D eigenvalue weighted by atomic mass is 16.5. The zero-order valence-electron chi connectivity index (χ0n) is 22.4. The predicted octanol–water partition coefficient (Wildman–Crippen LogP) is 4.87. The van der Waals surface area contributed by atoms with Crippen LogP contribution >= 0.6 is 0 Å². The van der Waals surface area contributed by atoms with Crippen molar-refractivity contribution in [3.63, 3.8) is 0 Å². The van der Waals surface area contributed by atoms with Gasteiger partial charge in [0.25, 0.3) is 0 Å². The molecule has 2 aromatic carbocycles. The van der Waals surface area contributed by atoms with Gasteiger partial charge in [-0.1, -0.05) is 6.07 Å². The number of benzene rings is 2. The topological polar surface area (TPSA) is 98.2 Å². The smallest absolute Gasteiger partial charge is 0.229 e. The molecule has 9 nitrogen and oxygen atoms in total. The summed E-state index contributed by atoms with van der Waals surface area (Å²) in [6.45, 7) is 10.6. The van der Waals surface area contributed by atoms with Gasteiger partial charge in [-0.2, -0.15) is 10.1 Å². The molecule has 194 valence electrons. The van der Waals surface area contributed by atoms with Gasteiger partial charge in [-0.25, -0.2) is 9.67 Å².